The monoisotopic (exact) mass is 186 g/mol. The SMILES string of the molecule is CC(C)C(N(C)C)C1(CN)COC1. The van der Waals surface area contributed by atoms with Gasteiger partial charge in [-0.1, -0.05) is 13.8 Å². The Bertz CT molecular complexity index is 151. The van der Waals surface area contributed by atoms with Gasteiger partial charge in [0.25, 0.3) is 0 Å². The average Bonchev–Trinajstić information content (AvgIpc) is 1.94. The van der Waals surface area contributed by atoms with Crippen molar-refractivity contribution in [2.75, 3.05) is 33.9 Å². The Morgan fingerprint density at radius 3 is 2.00 bits per heavy atom. The van der Waals surface area contributed by atoms with Gasteiger partial charge in [-0.25, -0.2) is 0 Å². The Kier molecular flexibility index (Phi) is 3.33. The second-order valence-corrected chi connectivity index (χ2v) is 4.71. The van der Waals surface area contributed by atoms with Gasteiger partial charge in [0.1, 0.15) is 0 Å². The molecule has 0 aromatic heterocycles. The Labute approximate surface area is 81.2 Å². The molecule has 3 nitrogen and oxygen atoms in total. The molecule has 1 atom stereocenters. The fourth-order valence-electron chi connectivity index (χ4n) is 2.62. The van der Waals surface area contributed by atoms with Crippen molar-refractivity contribution in [3.63, 3.8) is 0 Å². The number of hydrogen-bond donors (Lipinski definition) is 1. The molecule has 0 amide bonds. The van der Waals surface area contributed by atoms with E-state index in [4.69, 9.17) is 10.5 Å². The van der Waals surface area contributed by atoms with Gasteiger partial charge in [-0.3, -0.25) is 0 Å². The van der Waals surface area contributed by atoms with E-state index in [0.29, 0.717) is 12.0 Å². The molecule has 0 spiro atoms. The number of nitrogens with zero attached hydrogens (tertiary/aromatic N) is 1. The molecule has 1 aliphatic rings. The van der Waals surface area contributed by atoms with E-state index in [-0.39, 0.29) is 5.41 Å². The summed E-state index contributed by atoms with van der Waals surface area (Å²) in [5, 5.41) is 0. The summed E-state index contributed by atoms with van der Waals surface area (Å²) < 4.78 is 5.30. The quantitative estimate of drug-likeness (QED) is 0.697. The van der Waals surface area contributed by atoms with Crippen LogP contribution < -0.4 is 5.73 Å². The summed E-state index contributed by atoms with van der Waals surface area (Å²) in [5.41, 5.74) is 6.04. The molecule has 0 saturated carbocycles. The smallest absolute Gasteiger partial charge is 0.0572 e. The Balaban J connectivity index is 2.73. The summed E-state index contributed by atoms with van der Waals surface area (Å²) in [6.45, 7) is 6.88. The second kappa shape index (κ2) is 3.95. The third-order valence-corrected chi connectivity index (χ3v) is 3.00. The van der Waals surface area contributed by atoms with Crippen LogP contribution in [0.5, 0.6) is 0 Å². The van der Waals surface area contributed by atoms with Gasteiger partial charge in [-0.2, -0.15) is 0 Å². The maximum absolute atomic E-state index is 5.84. The van der Waals surface area contributed by atoms with E-state index in [1.54, 1.807) is 0 Å². The van der Waals surface area contributed by atoms with Crippen LogP contribution in [0.2, 0.25) is 0 Å². The molecule has 0 aromatic carbocycles. The van der Waals surface area contributed by atoms with Gasteiger partial charge in [0.2, 0.25) is 0 Å². The van der Waals surface area contributed by atoms with Crippen molar-refractivity contribution >= 4 is 0 Å². The zero-order valence-corrected chi connectivity index (χ0v) is 9.21. The fraction of sp³-hybridized carbons (Fsp3) is 1.00. The van der Waals surface area contributed by atoms with Gasteiger partial charge >= 0.3 is 0 Å². The largest absolute Gasteiger partial charge is 0.380 e. The predicted octanol–water partition coefficient (Wildman–Crippen LogP) is 0.548. The molecule has 1 heterocycles. The lowest BCUT2D eigenvalue weighted by molar-refractivity contribution is -0.152. The van der Waals surface area contributed by atoms with Crippen molar-refractivity contribution in [1.82, 2.24) is 4.90 Å². The van der Waals surface area contributed by atoms with Gasteiger partial charge in [0.15, 0.2) is 0 Å². The molecule has 0 radical (unpaired) electrons. The first-order chi connectivity index (χ1) is 6.03. The first kappa shape index (κ1) is 11.0. The lowest BCUT2D eigenvalue weighted by Crippen LogP contribution is -2.62. The van der Waals surface area contributed by atoms with Gasteiger partial charge in [0.05, 0.1) is 13.2 Å². The maximum Gasteiger partial charge on any atom is 0.0572 e. The van der Waals surface area contributed by atoms with Crippen LogP contribution in [0.15, 0.2) is 0 Å². The standard InChI is InChI=1S/C10H22N2O/c1-8(2)9(12(3)4)10(5-11)6-13-7-10/h8-9H,5-7,11H2,1-4H3. The highest BCUT2D eigenvalue weighted by molar-refractivity contribution is 4.98. The summed E-state index contributed by atoms with van der Waals surface area (Å²) in [7, 11) is 4.25. The summed E-state index contributed by atoms with van der Waals surface area (Å²) in [6, 6.07) is 0.534. The van der Waals surface area contributed by atoms with E-state index in [1.807, 2.05) is 0 Å². The van der Waals surface area contributed by atoms with Crippen LogP contribution in [-0.4, -0.2) is 44.8 Å². The molecule has 2 N–H and O–H groups in total. The number of nitrogens with two attached hydrogens (primary N) is 1. The summed E-state index contributed by atoms with van der Waals surface area (Å²) in [5.74, 6) is 0.627. The van der Waals surface area contributed by atoms with Crippen LogP contribution in [0.4, 0.5) is 0 Å². The van der Waals surface area contributed by atoms with Crippen molar-refractivity contribution in [3.8, 4) is 0 Å². The van der Waals surface area contributed by atoms with Gasteiger partial charge in [0, 0.05) is 18.0 Å². The second-order valence-electron chi connectivity index (χ2n) is 4.71. The molecule has 78 valence electrons. The Hall–Kier alpha value is -0.120. The van der Waals surface area contributed by atoms with Gasteiger partial charge in [-0.05, 0) is 20.0 Å². The third-order valence-electron chi connectivity index (χ3n) is 3.00. The van der Waals surface area contributed by atoms with E-state index in [1.165, 1.54) is 0 Å². The molecule has 1 fully saturated rings. The van der Waals surface area contributed by atoms with Crippen LogP contribution in [0.3, 0.4) is 0 Å². The highest BCUT2D eigenvalue weighted by Crippen LogP contribution is 2.36. The van der Waals surface area contributed by atoms with Gasteiger partial charge < -0.3 is 15.4 Å². The first-order valence-corrected chi connectivity index (χ1v) is 4.98. The molecule has 0 aliphatic carbocycles. The molecule has 1 saturated heterocycles. The van der Waals surface area contributed by atoms with Crippen molar-refractivity contribution in [2.45, 2.75) is 19.9 Å². The minimum Gasteiger partial charge on any atom is -0.380 e. The highest BCUT2D eigenvalue weighted by atomic mass is 16.5. The lowest BCUT2D eigenvalue weighted by atomic mass is 9.73. The van der Waals surface area contributed by atoms with Crippen LogP contribution in [0.25, 0.3) is 0 Å². The summed E-state index contributed by atoms with van der Waals surface area (Å²) in [4.78, 5) is 2.28. The zero-order valence-electron chi connectivity index (χ0n) is 9.21. The fourth-order valence-corrected chi connectivity index (χ4v) is 2.62. The number of rotatable bonds is 4. The summed E-state index contributed by atoms with van der Waals surface area (Å²) in [6.07, 6.45) is 0. The molecule has 3 heteroatoms. The van der Waals surface area contributed by atoms with E-state index in [0.717, 1.165) is 19.8 Å². The molecule has 13 heavy (non-hydrogen) atoms. The van der Waals surface area contributed by atoms with Gasteiger partial charge in [-0.15, -0.1) is 0 Å². The van der Waals surface area contributed by atoms with Crippen LogP contribution >= 0.6 is 0 Å². The molecule has 1 rings (SSSR count). The molecular weight excluding hydrogens is 164 g/mol. The van der Waals surface area contributed by atoms with Crippen molar-refractivity contribution in [2.24, 2.45) is 17.1 Å². The zero-order chi connectivity index (χ0) is 10.1. The Morgan fingerprint density at radius 1 is 1.38 bits per heavy atom. The maximum atomic E-state index is 5.84. The van der Waals surface area contributed by atoms with Crippen molar-refractivity contribution < 1.29 is 4.74 Å². The van der Waals surface area contributed by atoms with Crippen LogP contribution in [0, 0.1) is 11.3 Å². The van der Waals surface area contributed by atoms with E-state index >= 15 is 0 Å². The van der Waals surface area contributed by atoms with E-state index in [2.05, 4.69) is 32.8 Å². The van der Waals surface area contributed by atoms with Crippen LogP contribution in [-0.2, 0) is 4.74 Å². The number of ether oxygens (including phenoxy) is 1. The minimum atomic E-state index is 0.206. The molecule has 0 bridgehead atoms. The first-order valence-electron chi connectivity index (χ1n) is 4.98. The average molecular weight is 186 g/mol. The molecule has 1 unspecified atom stereocenters. The topological polar surface area (TPSA) is 38.5 Å². The van der Waals surface area contributed by atoms with E-state index in [9.17, 15) is 0 Å². The predicted molar refractivity (Wildman–Crippen MR) is 54.6 cm³/mol. The lowest BCUT2D eigenvalue weighted by Gasteiger charge is -2.50. The highest BCUT2D eigenvalue weighted by Gasteiger charge is 2.46. The summed E-state index contributed by atoms with van der Waals surface area (Å²) >= 11 is 0. The molecule has 1 aliphatic heterocycles. The van der Waals surface area contributed by atoms with Crippen molar-refractivity contribution in [1.29, 1.82) is 0 Å². The van der Waals surface area contributed by atoms with E-state index < -0.39 is 0 Å². The van der Waals surface area contributed by atoms with Crippen LogP contribution in [0.1, 0.15) is 13.8 Å². The molecular formula is C10H22N2O. The normalized spacial score (nSPS) is 23.3. The number of hydrogen-bond acceptors (Lipinski definition) is 3. The minimum absolute atomic E-state index is 0.206. The third kappa shape index (κ3) is 1.87. The molecule has 0 aromatic rings. The Morgan fingerprint density at radius 2 is 1.92 bits per heavy atom. The van der Waals surface area contributed by atoms with Crippen molar-refractivity contribution in [3.05, 3.63) is 0 Å².